The van der Waals surface area contributed by atoms with E-state index in [4.69, 9.17) is 14.5 Å². The van der Waals surface area contributed by atoms with Crippen molar-refractivity contribution in [1.29, 1.82) is 0 Å². The van der Waals surface area contributed by atoms with Gasteiger partial charge in [0.05, 0.1) is 20.8 Å². The summed E-state index contributed by atoms with van der Waals surface area (Å²) in [6, 6.07) is 4.09. The normalized spacial score (nSPS) is 11.2. The summed E-state index contributed by atoms with van der Waals surface area (Å²) in [6.07, 6.45) is 7.09. The summed E-state index contributed by atoms with van der Waals surface area (Å²) in [6.45, 7) is 8.24. The van der Waals surface area contributed by atoms with Gasteiger partial charge in [0.25, 0.3) is 0 Å². The van der Waals surface area contributed by atoms with Crippen LogP contribution in [0.2, 0.25) is 0 Å². The molecule has 0 saturated carbocycles. The lowest BCUT2D eigenvalue weighted by Crippen LogP contribution is -2.37. The lowest BCUT2D eigenvalue weighted by atomic mass is 10.1. The van der Waals surface area contributed by atoms with Gasteiger partial charge >= 0.3 is 0 Å². The minimum Gasteiger partial charge on any atom is -0.493 e. The molecule has 0 amide bonds. The van der Waals surface area contributed by atoms with Crippen molar-refractivity contribution in [3.63, 3.8) is 0 Å². The molecule has 0 aliphatic carbocycles. The summed E-state index contributed by atoms with van der Waals surface area (Å²) in [5.41, 5.74) is 2.14. The molecule has 0 aromatic heterocycles. The van der Waals surface area contributed by atoms with E-state index in [0.717, 1.165) is 54.5 Å². The van der Waals surface area contributed by atoms with E-state index < -0.39 is 0 Å². The van der Waals surface area contributed by atoms with Crippen LogP contribution in [-0.4, -0.2) is 45.3 Å². The number of benzene rings is 1. The third-order valence-corrected chi connectivity index (χ3v) is 4.51. The summed E-state index contributed by atoms with van der Waals surface area (Å²) >= 11 is 1.89. The summed E-state index contributed by atoms with van der Waals surface area (Å²) < 4.78 is 11.0. The van der Waals surface area contributed by atoms with Crippen LogP contribution in [0, 0.1) is 0 Å². The quantitative estimate of drug-likeness (QED) is 0.251. The van der Waals surface area contributed by atoms with Crippen LogP contribution < -0.4 is 20.1 Å². The van der Waals surface area contributed by atoms with E-state index in [0.29, 0.717) is 6.54 Å². The molecule has 26 heavy (non-hydrogen) atoms. The first kappa shape index (κ1) is 22.2. The van der Waals surface area contributed by atoms with Gasteiger partial charge in [0, 0.05) is 18.7 Å². The number of nitrogens with one attached hydrogen (secondary N) is 2. The van der Waals surface area contributed by atoms with E-state index in [-0.39, 0.29) is 0 Å². The highest BCUT2D eigenvalue weighted by molar-refractivity contribution is 7.98. The third kappa shape index (κ3) is 7.60. The van der Waals surface area contributed by atoms with Gasteiger partial charge < -0.3 is 20.1 Å². The molecular formula is C20H33N3O2S. The number of thioether (sulfide) groups is 1. The van der Waals surface area contributed by atoms with Gasteiger partial charge in [-0.2, -0.15) is 11.8 Å². The highest BCUT2D eigenvalue weighted by Crippen LogP contribution is 2.33. The third-order valence-electron chi connectivity index (χ3n) is 3.81. The van der Waals surface area contributed by atoms with Crippen LogP contribution in [-0.2, 0) is 13.0 Å². The maximum Gasteiger partial charge on any atom is 0.191 e. The lowest BCUT2D eigenvalue weighted by Gasteiger charge is -2.15. The number of unbranched alkanes of at least 4 members (excludes halogenated alkanes) is 1. The standard InChI is InChI=1S/C20H33N3O2S/c1-6-10-17-13-16(14-18(24-3)19(17)25-4)15-23-20(21-7-2)22-11-8-9-12-26-5/h6,13-14H,1,7-12,15H2,2-5H3,(H2,21,22,23). The van der Waals surface area contributed by atoms with Crippen molar-refractivity contribution < 1.29 is 9.47 Å². The summed E-state index contributed by atoms with van der Waals surface area (Å²) in [5, 5.41) is 6.69. The lowest BCUT2D eigenvalue weighted by molar-refractivity contribution is 0.352. The number of hydrogen-bond donors (Lipinski definition) is 2. The first-order chi connectivity index (χ1) is 12.7. The van der Waals surface area contributed by atoms with Gasteiger partial charge in [-0.05, 0) is 55.9 Å². The van der Waals surface area contributed by atoms with E-state index in [2.05, 4.69) is 36.5 Å². The molecule has 0 heterocycles. The van der Waals surface area contributed by atoms with Gasteiger partial charge in [-0.3, -0.25) is 0 Å². The molecule has 1 aromatic rings. The number of rotatable bonds is 12. The molecule has 0 spiro atoms. The number of guanidine groups is 1. The maximum atomic E-state index is 5.49. The first-order valence-electron chi connectivity index (χ1n) is 9.05. The SMILES string of the molecule is C=CCc1cc(CN=C(NCC)NCCCCSC)cc(OC)c1OC. The number of methoxy groups -OCH3 is 2. The average Bonchev–Trinajstić information content (AvgIpc) is 2.65. The van der Waals surface area contributed by atoms with Crippen LogP contribution in [0.25, 0.3) is 0 Å². The predicted octanol–water partition coefficient (Wildman–Crippen LogP) is 3.63. The van der Waals surface area contributed by atoms with Gasteiger partial charge in [0.2, 0.25) is 0 Å². The zero-order valence-corrected chi connectivity index (χ0v) is 17.4. The van der Waals surface area contributed by atoms with Crippen LogP contribution in [0.1, 0.15) is 30.9 Å². The average molecular weight is 380 g/mol. The van der Waals surface area contributed by atoms with E-state index in [9.17, 15) is 0 Å². The minimum atomic E-state index is 0.574. The molecule has 0 aliphatic rings. The van der Waals surface area contributed by atoms with Gasteiger partial charge in [-0.25, -0.2) is 4.99 Å². The first-order valence-corrected chi connectivity index (χ1v) is 10.4. The Bertz CT molecular complexity index is 576. The number of hydrogen-bond acceptors (Lipinski definition) is 4. The Balaban J connectivity index is 2.83. The van der Waals surface area contributed by atoms with E-state index >= 15 is 0 Å². The van der Waals surface area contributed by atoms with E-state index in [1.165, 1.54) is 12.2 Å². The van der Waals surface area contributed by atoms with Gasteiger partial charge in [-0.1, -0.05) is 6.08 Å². The topological polar surface area (TPSA) is 54.9 Å². The zero-order valence-electron chi connectivity index (χ0n) is 16.6. The second-order valence-corrected chi connectivity index (χ2v) is 6.79. The maximum absolute atomic E-state index is 5.49. The van der Waals surface area contributed by atoms with Crippen LogP contribution >= 0.6 is 11.8 Å². The highest BCUT2D eigenvalue weighted by atomic mass is 32.2. The summed E-state index contributed by atoms with van der Waals surface area (Å²) in [4.78, 5) is 4.70. The predicted molar refractivity (Wildman–Crippen MR) is 114 cm³/mol. The molecular weight excluding hydrogens is 346 g/mol. The van der Waals surface area contributed by atoms with Crippen molar-refractivity contribution in [3.8, 4) is 11.5 Å². The van der Waals surface area contributed by atoms with Crippen molar-refractivity contribution >= 4 is 17.7 Å². The van der Waals surface area contributed by atoms with E-state index in [1.54, 1.807) is 14.2 Å². The molecule has 0 saturated heterocycles. The fourth-order valence-electron chi connectivity index (χ4n) is 2.60. The van der Waals surface area contributed by atoms with Gasteiger partial charge in [0.15, 0.2) is 17.5 Å². The van der Waals surface area contributed by atoms with Crippen LogP contribution in [0.4, 0.5) is 0 Å². The van der Waals surface area contributed by atoms with Crippen LogP contribution in [0.3, 0.4) is 0 Å². The number of ether oxygens (including phenoxy) is 2. The molecule has 0 bridgehead atoms. The van der Waals surface area contributed by atoms with Gasteiger partial charge in [-0.15, -0.1) is 6.58 Å². The Morgan fingerprint density at radius 1 is 1.23 bits per heavy atom. The Morgan fingerprint density at radius 2 is 2.04 bits per heavy atom. The molecule has 146 valence electrons. The molecule has 1 rings (SSSR count). The summed E-state index contributed by atoms with van der Waals surface area (Å²) in [5.74, 6) is 3.54. The molecule has 2 N–H and O–H groups in total. The second kappa shape index (κ2) is 13.4. The smallest absolute Gasteiger partial charge is 0.191 e. The fourth-order valence-corrected chi connectivity index (χ4v) is 3.09. The Kier molecular flexibility index (Phi) is 11.4. The Morgan fingerprint density at radius 3 is 2.65 bits per heavy atom. The Labute approximate surface area is 162 Å². The van der Waals surface area contributed by atoms with Crippen LogP contribution in [0.5, 0.6) is 11.5 Å². The highest BCUT2D eigenvalue weighted by Gasteiger charge is 2.11. The summed E-state index contributed by atoms with van der Waals surface area (Å²) in [7, 11) is 3.31. The number of nitrogens with zero attached hydrogens (tertiary/aromatic N) is 1. The number of allylic oxidation sites excluding steroid dienone is 1. The fraction of sp³-hybridized carbons (Fsp3) is 0.550. The molecule has 5 nitrogen and oxygen atoms in total. The Hall–Kier alpha value is -1.82. The monoisotopic (exact) mass is 379 g/mol. The molecule has 1 aromatic carbocycles. The molecule has 6 heteroatoms. The zero-order chi connectivity index (χ0) is 19.2. The van der Waals surface area contributed by atoms with Crippen LogP contribution in [0.15, 0.2) is 29.8 Å². The van der Waals surface area contributed by atoms with Crippen molar-refractivity contribution in [2.24, 2.45) is 4.99 Å². The largest absolute Gasteiger partial charge is 0.493 e. The molecule has 0 atom stereocenters. The molecule has 0 fully saturated rings. The van der Waals surface area contributed by atoms with Crippen molar-refractivity contribution in [3.05, 3.63) is 35.9 Å². The van der Waals surface area contributed by atoms with Crippen molar-refractivity contribution in [2.45, 2.75) is 32.7 Å². The second-order valence-electron chi connectivity index (χ2n) is 5.81. The van der Waals surface area contributed by atoms with Crippen molar-refractivity contribution in [2.75, 3.05) is 39.3 Å². The van der Waals surface area contributed by atoms with Gasteiger partial charge in [0.1, 0.15) is 0 Å². The molecule has 0 radical (unpaired) electrons. The minimum absolute atomic E-state index is 0.574. The molecule has 0 unspecified atom stereocenters. The van der Waals surface area contributed by atoms with E-state index in [1.807, 2.05) is 23.9 Å². The number of aliphatic imine (C=N–C) groups is 1. The molecule has 0 aliphatic heterocycles. The van der Waals surface area contributed by atoms with Crippen molar-refractivity contribution in [1.82, 2.24) is 10.6 Å².